The van der Waals surface area contributed by atoms with Gasteiger partial charge < -0.3 is 10.1 Å². The van der Waals surface area contributed by atoms with Crippen molar-refractivity contribution in [2.24, 2.45) is 0 Å². The molecule has 0 spiro atoms. The fourth-order valence-electron chi connectivity index (χ4n) is 2.17. The van der Waals surface area contributed by atoms with Crippen molar-refractivity contribution in [2.75, 3.05) is 13.7 Å². The number of nitrogens with one attached hydrogen (secondary N) is 1. The highest BCUT2D eigenvalue weighted by Crippen LogP contribution is 2.34. The molecule has 1 N–H and O–H groups in total. The molecule has 0 saturated carbocycles. The Morgan fingerprint density at radius 1 is 1.05 bits per heavy atom. The Kier molecular flexibility index (Phi) is 5.30. The highest BCUT2D eigenvalue weighted by Gasteiger charge is 2.19. The Bertz CT molecular complexity index is 549. The van der Waals surface area contributed by atoms with Gasteiger partial charge in [-0.25, -0.2) is 0 Å². The zero-order valence-corrected chi connectivity index (χ0v) is 13.0. The summed E-state index contributed by atoms with van der Waals surface area (Å²) in [6, 6.07) is 13.4. The molecule has 1 unspecified atom stereocenters. The Labute approximate surface area is 129 Å². The minimum atomic E-state index is -0.0351. The standard InChI is InChI=1S/C16H17Cl2NO/c1-3-19-16(11-7-9-12(20-2)10-8-11)15-13(17)5-4-6-14(15)18/h4-10,16,19H,3H2,1-2H3. The summed E-state index contributed by atoms with van der Waals surface area (Å²) in [7, 11) is 1.65. The monoisotopic (exact) mass is 309 g/mol. The summed E-state index contributed by atoms with van der Waals surface area (Å²) < 4.78 is 5.19. The second kappa shape index (κ2) is 6.98. The maximum atomic E-state index is 6.32. The van der Waals surface area contributed by atoms with E-state index in [-0.39, 0.29) is 6.04 Å². The Morgan fingerprint density at radius 2 is 1.65 bits per heavy atom. The summed E-state index contributed by atoms with van der Waals surface area (Å²) in [5, 5.41) is 4.76. The molecule has 0 radical (unpaired) electrons. The van der Waals surface area contributed by atoms with Crippen molar-refractivity contribution in [1.29, 1.82) is 0 Å². The molecule has 1 atom stereocenters. The molecular formula is C16H17Cl2NO. The summed E-state index contributed by atoms with van der Waals surface area (Å²) in [6.07, 6.45) is 0. The zero-order chi connectivity index (χ0) is 14.5. The molecule has 20 heavy (non-hydrogen) atoms. The molecule has 0 aromatic heterocycles. The summed E-state index contributed by atoms with van der Waals surface area (Å²) in [6.45, 7) is 2.87. The number of methoxy groups -OCH3 is 1. The van der Waals surface area contributed by atoms with E-state index >= 15 is 0 Å². The third-order valence-electron chi connectivity index (χ3n) is 3.15. The van der Waals surface area contributed by atoms with Crippen molar-refractivity contribution in [3.63, 3.8) is 0 Å². The first-order valence-corrected chi connectivity index (χ1v) is 7.24. The first kappa shape index (κ1) is 15.2. The van der Waals surface area contributed by atoms with E-state index in [0.29, 0.717) is 10.0 Å². The number of halogens is 2. The lowest BCUT2D eigenvalue weighted by molar-refractivity contribution is 0.414. The lowest BCUT2D eigenvalue weighted by Gasteiger charge is -2.21. The largest absolute Gasteiger partial charge is 0.497 e. The molecule has 0 saturated heterocycles. The summed E-state index contributed by atoms with van der Waals surface area (Å²) >= 11 is 12.6. The number of rotatable bonds is 5. The van der Waals surface area contributed by atoms with Crippen LogP contribution in [0, 0.1) is 0 Å². The van der Waals surface area contributed by atoms with Crippen molar-refractivity contribution < 1.29 is 4.74 Å². The molecule has 0 aliphatic rings. The van der Waals surface area contributed by atoms with Gasteiger partial charge in [0.25, 0.3) is 0 Å². The third-order valence-corrected chi connectivity index (χ3v) is 3.80. The van der Waals surface area contributed by atoms with Crippen LogP contribution in [-0.2, 0) is 0 Å². The average Bonchev–Trinajstić information content (AvgIpc) is 2.46. The smallest absolute Gasteiger partial charge is 0.118 e. The van der Waals surface area contributed by atoms with Gasteiger partial charge in [-0.1, -0.05) is 48.3 Å². The van der Waals surface area contributed by atoms with E-state index in [1.165, 1.54) is 0 Å². The quantitative estimate of drug-likeness (QED) is 0.864. The van der Waals surface area contributed by atoms with Crippen LogP contribution in [0.4, 0.5) is 0 Å². The van der Waals surface area contributed by atoms with E-state index in [9.17, 15) is 0 Å². The normalized spacial score (nSPS) is 12.2. The second-order valence-electron chi connectivity index (χ2n) is 4.40. The minimum absolute atomic E-state index is 0.0351. The molecule has 0 bridgehead atoms. The minimum Gasteiger partial charge on any atom is -0.497 e. The van der Waals surface area contributed by atoms with Crippen LogP contribution in [0.5, 0.6) is 5.75 Å². The van der Waals surface area contributed by atoms with E-state index in [1.807, 2.05) is 42.5 Å². The predicted octanol–water partition coefficient (Wildman–Crippen LogP) is 4.70. The van der Waals surface area contributed by atoms with E-state index in [0.717, 1.165) is 23.4 Å². The van der Waals surface area contributed by atoms with E-state index in [4.69, 9.17) is 27.9 Å². The summed E-state index contributed by atoms with van der Waals surface area (Å²) in [4.78, 5) is 0. The van der Waals surface area contributed by atoms with Crippen LogP contribution >= 0.6 is 23.2 Å². The van der Waals surface area contributed by atoms with Gasteiger partial charge in [-0.15, -0.1) is 0 Å². The molecule has 0 aliphatic carbocycles. The molecule has 2 aromatic carbocycles. The van der Waals surface area contributed by atoms with Crippen molar-refractivity contribution in [3.05, 3.63) is 63.6 Å². The van der Waals surface area contributed by atoms with E-state index in [2.05, 4.69) is 12.2 Å². The van der Waals surface area contributed by atoms with Crippen LogP contribution < -0.4 is 10.1 Å². The molecule has 0 fully saturated rings. The van der Waals surface area contributed by atoms with Gasteiger partial charge in [0.1, 0.15) is 5.75 Å². The first-order chi connectivity index (χ1) is 9.67. The van der Waals surface area contributed by atoms with Crippen molar-refractivity contribution >= 4 is 23.2 Å². The average molecular weight is 310 g/mol. The van der Waals surface area contributed by atoms with Crippen molar-refractivity contribution in [1.82, 2.24) is 5.32 Å². The lowest BCUT2D eigenvalue weighted by atomic mass is 9.98. The van der Waals surface area contributed by atoms with Crippen molar-refractivity contribution in [3.8, 4) is 5.75 Å². The molecule has 2 aromatic rings. The van der Waals surface area contributed by atoms with Gasteiger partial charge in [0, 0.05) is 15.6 Å². The molecule has 106 valence electrons. The van der Waals surface area contributed by atoms with Gasteiger partial charge in [0.05, 0.1) is 13.2 Å². The van der Waals surface area contributed by atoms with Crippen LogP contribution in [0.3, 0.4) is 0 Å². The third kappa shape index (κ3) is 3.26. The number of hydrogen-bond acceptors (Lipinski definition) is 2. The zero-order valence-electron chi connectivity index (χ0n) is 11.5. The SMILES string of the molecule is CCNC(c1ccc(OC)cc1)c1c(Cl)cccc1Cl. The topological polar surface area (TPSA) is 21.3 Å². The molecule has 2 nitrogen and oxygen atoms in total. The first-order valence-electron chi connectivity index (χ1n) is 6.48. The Hall–Kier alpha value is -1.22. The summed E-state index contributed by atoms with van der Waals surface area (Å²) in [5.41, 5.74) is 2.01. The summed E-state index contributed by atoms with van der Waals surface area (Å²) in [5.74, 6) is 0.828. The predicted molar refractivity (Wildman–Crippen MR) is 85.0 cm³/mol. The number of hydrogen-bond donors (Lipinski definition) is 1. The number of benzene rings is 2. The van der Waals surface area contributed by atoms with Gasteiger partial charge in [0.15, 0.2) is 0 Å². The van der Waals surface area contributed by atoms with E-state index in [1.54, 1.807) is 7.11 Å². The van der Waals surface area contributed by atoms with Gasteiger partial charge in [-0.05, 0) is 36.4 Å². The molecule has 4 heteroatoms. The maximum absolute atomic E-state index is 6.32. The Balaban J connectivity index is 2.44. The van der Waals surface area contributed by atoms with E-state index < -0.39 is 0 Å². The molecule has 0 aliphatic heterocycles. The lowest BCUT2D eigenvalue weighted by Crippen LogP contribution is -2.22. The molecule has 2 rings (SSSR count). The fraction of sp³-hybridized carbons (Fsp3) is 0.250. The van der Waals surface area contributed by atoms with Crippen molar-refractivity contribution in [2.45, 2.75) is 13.0 Å². The van der Waals surface area contributed by atoms with Gasteiger partial charge >= 0.3 is 0 Å². The highest BCUT2D eigenvalue weighted by atomic mass is 35.5. The van der Waals surface area contributed by atoms with Crippen LogP contribution in [0.25, 0.3) is 0 Å². The fourth-order valence-corrected chi connectivity index (χ4v) is 2.79. The molecular weight excluding hydrogens is 293 g/mol. The van der Waals surface area contributed by atoms with Crippen LogP contribution in [-0.4, -0.2) is 13.7 Å². The van der Waals surface area contributed by atoms with Gasteiger partial charge in [0.2, 0.25) is 0 Å². The second-order valence-corrected chi connectivity index (χ2v) is 5.21. The van der Waals surface area contributed by atoms with Crippen LogP contribution in [0.1, 0.15) is 24.1 Å². The molecule has 0 heterocycles. The number of ether oxygens (including phenoxy) is 1. The molecule has 0 amide bonds. The Morgan fingerprint density at radius 3 is 2.15 bits per heavy atom. The van der Waals surface area contributed by atoms with Crippen LogP contribution in [0.2, 0.25) is 10.0 Å². The van der Waals surface area contributed by atoms with Gasteiger partial charge in [-0.2, -0.15) is 0 Å². The van der Waals surface area contributed by atoms with Crippen LogP contribution in [0.15, 0.2) is 42.5 Å². The maximum Gasteiger partial charge on any atom is 0.118 e. The highest BCUT2D eigenvalue weighted by molar-refractivity contribution is 6.36. The van der Waals surface area contributed by atoms with Gasteiger partial charge in [-0.3, -0.25) is 0 Å².